The van der Waals surface area contributed by atoms with E-state index in [0.29, 0.717) is 25.0 Å². The first-order chi connectivity index (χ1) is 9.47. The second-order valence-corrected chi connectivity index (χ2v) is 6.03. The fourth-order valence-electron chi connectivity index (χ4n) is 3.32. The van der Waals surface area contributed by atoms with Crippen LogP contribution in [0.5, 0.6) is 0 Å². The number of rotatable bonds is 1. The highest BCUT2D eigenvalue weighted by Gasteiger charge is 2.44. The van der Waals surface area contributed by atoms with Gasteiger partial charge >= 0.3 is 0 Å². The Bertz CT molecular complexity index is 528. The van der Waals surface area contributed by atoms with Gasteiger partial charge in [0, 0.05) is 29.6 Å². The molecule has 1 amide bonds. The largest absolute Gasteiger partial charge is 0.332 e. The van der Waals surface area contributed by atoms with Crippen LogP contribution in [0.15, 0.2) is 12.1 Å². The lowest BCUT2D eigenvalue weighted by molar-refractivity contribution is 0.0589. The first-order valence-corrected chi connectivity index (χ1v) is 7.02. The number of hydrogen-bond donors (Lipinski definition) is 0. The average Bonchev–Trinajstić information content (AvgIpc) is 2.60. The van der Waals surface area contributed by atoms with Gasteiger partial charge in [0.25, 0.3) is 5.91 Å². The minimum absolute atomic E-state index is 0.000498. The van der Waals surface area contributed by atoms with E-state index < -0.39 is 28.9 Å². The van der Waals surface area contributed by atoms with E-state index >= 15 is 0 Å². The highest BCUT2D eigenvalue weighted by atomic mass is 35.5. The van der Waals surface area contributed by atoms with Gasteiger partial charge in [0.05, 0.1) is 0 Å². The van der Waals surface area contributed by atoms with Crippen LogP contribution in [-0.2, 0) is 0 Å². The molecule has 2 aliphatic heterocycles. The maximum Gasteiger partial charge on any atom is 0.260 e. The van der Waals surface area contributed by atoms with Gasteiger partial charge in [-0.25, -0.2) is 13.2 Å². The van der Waals surface area contributed by atoms with Crippen molar-refractivity contribution >= 4 is 17.5 Å². The maximum absolute atomic E-state index is 13.7. The van der Waals surface area contributed by atoms with Gasteiger partial charge in [-0.3, -0.25) is 4.79 Å². The summed E-state index contributed by atoms with van der Waals surface area (Å²) in [6.45, 7) is 0. The third-order valence-electron chi connectivity index (χ3n) is 4.13. The zero-order valence-electron chi connectivity index (χ0n) is 10.6. The number of benzene rings is 1. The summed E-state index contributed by atoms with van der Waals surface area (Å²) in [6, 6.07) is 0.916. The molecule has 0 saturated carbocycles. The SMILES string of the molecule is O=C(c1c(F)cc(F)cc1F)N1C2CCC1CC(Cl)C2. The lowest BCUT2D eigenvalue weighted by atomic mass is 10.0. The number of carbonyl (C=O) groups is 1. The normalized spacial score (nSPS) is 28.8. The molecule has 2 heterocycles. The van der Waals surface area contributed by atoms with Crippen LogP contribution in [0.3, 0.4) is 0 Å². The number of carbonyl (C=O) groups excluding carboxylic acids is 1. The minimum atomic E-state index is -1.15. The molecule has 2 saturated heterocycles. The van der Waals surface area contributed by atoms with E-state index in [0.717, 1.165) is 12.8 Å². The molecule has 0 aromatic heterocycles. The number of halogens is 4. The minimum Gasteiger partial charge on any atom is -0.332 e. The quantitative estimate of drug-likeness (QED) is 0.727. The monoisotopic (exact) mass is 303 g/mol. The summed E-state index contributed by atoms with van der Waals surface area (Å²) < 4.78 is 40.3. The number of nitrogens with zero attached hydrogens (tertiary/aromatic N) is 1. The van der Waals surface area contributed by atoms with Crippen molar-refractivity contribution in [3.05, 3.63) is 35.1 Å². The molecule has 2 fully saturated rings. The molecular formula is C14H13ClF3NO. The number of piperidine rings is 1. The summed E-state index contributed by atoms with van der Waals surface area (Å²) >= 11 is 6.11. The molecule has 0 radical (unpaired) electrons. The van der Waals surface area contributed by atoms with Gasteiger partial charge < -0.3 is 4.90 Å². The third kappa shape index (κ3) is 2.18. The van der Waals surface area contributed by atoms with E-state index in [4.69, 9.17) is 11.6 Å². The molecule has 6 heteroatoms. The Hall–Kier alpha value is -1.23. The van der Waals surface area contributed by atoms with Gasteiger partial charge in [-0.15, -0.1) is 11.6 Å². The zero-order chi connectivity index (χ0) is 14.4. The number of alkyl halides is 1. The van der Waals surface area contributed by atoms with Gasteiger partial charge in [0.1, 0.15) is 23.0 Å². The van der Waals surface area contributed by atoms with E-state index in [1.807, 2.05) is 0 Å². The Morgan fingerprint density at radius 2 is 1.60 bits per heavy atom. The number of fused-ring (bicyclic) bond motifs is 2. The Morgan fingerprint density at radius 1 is 1.10 bits per heavy atom. The van der Waals surface area contributed by atoms with Crippen LogP contribution >= 0.6 is 11.6 Å². The average molecular weight is 304 g/mol. The standard InChI is InChI=1S/C14H13ClF3NO/c15-7-3-9-1-2-10(4-7)19(9)14(20)13-11(17)5-8(16)6-12(13)18/h5-7,9-10H,1-4H2. The first-order valence-electron chi connectivity index (χ1n) is 6.58. The molecule has 2 unspecified atom stereocenters. The molecule has 2 nitrogen and oxygen atoms in total. The molecule has 2 bridgehead atoms. The van der Waals surface area contributed by atoms with Crippen molar-refractivity contribution < 1.29 is 18.0 Å². The van der Waals surface area contributed by atoms with Gasteiger partial charge in [-0.1, -0.05) is 0 Å². The fourth-order valence-corrected chi connectivity index (χ4v) is 3.73. The molecule has 108 valence electrons. The summed E-state index contributed by atoms with van der Waals surface area (Å²) in [7, 11) is 0. The van der Waals surface area contributed by atoms with Crippen molar-refractivity contribution in [2.45, 2.75) is 43.1 Å². The first kappa shape index (κ1) is 13.7. The van der Waals surface area contributed by atoms with Gasteiger partial charge in [-0.05, 0) is 25.7 Å². The van der Waals surface area contributed by atoms with Crippen molar-refractivity contribution in [2.75, 3.05) is 0 Å². The zero-order valence-corrected chi connectivity index (χ0v) is 11.3. The Labute approximate surface area is 119 Å². The van der Waals surface area contributed by atoms with Crippen molar-refractivity contribution in [2.24, 2.45) is 0 Å². The topological polar surface area (TPSA) is 20.3 Å². The van der Waals surface area contributed by atoms with Crippen molar-refractivity contribution in [1.82, 2.24) is 4.90 Å². The smallest absolute Gasteiger partial charge is 0.260 e. The van der Waals surface area contributed by atoms with Gasteiger partial charge in [0.2, 0.25) is 0 Å². The Balaban J connectivity index is 1.94. The van der Waals surface area contributed by atoms with E-state index in [1.54, 1.807) is 0 Å². The molecular weight excluding hydrogens is 291 g/mol. The van der Waals surface area contributed by atoms with Crippen molar-refractivity contribution in [3.63, 3.8) is 0 Å². The Morgan fingerprint density at radius 3 is 2.10 bits per heavy atom. The van der Waals surface area contributed by atoms with Crippen LogP contribution in [-0.4, -0.2) is 28.3 Å². The summed E-state index contributed by atoms with van der Waals surface area (Å²) in [4.78, 5) is 13.9. The molecule has 3 rings (SSSR count). The van der Waals surface area contributed by atoms with Crippen molar-refractivity contribution in [3.8, 4) is 0 Å². The highest BCUT2D eigenvalue weighted by Crippen LogP contribution is 2.39. The maximum atomic E-state index is 13.7. The van der Waals surface area contributed by atoms with Crippen LogP contribution in [0, 0.1) is 17.5 Å². The molecule has 1 aromatic carbocycles. The van der Waals surface area contributed by atoms with Crippen molar-refractivity contribution in [1.29, 1.82) is 0 Å². The lowest BCUT2D eigenvalue weighted by Crippen LogP contribution is -2.47. The predicted octanol–water partition coefficient (Wildman–Crippen LogP) is 3.48. The summed E-state index contributed by atoms with van der Waals surface area (Å²) in [6.07, 6.45) is 2.86. The summed E-state index contributed by atoms with van der Waals surface area (Å²) in [5.74, 6) is -4.03. The summed E-state index contributed by atoms with van der Waals surface area (Å²) in [5.41, 5.74) is -0.670. The predicted molar refractivity (Wildman–Crippen MR) is 68.2 cm³/mol. The van der Waals surface area contributed by atoms with Crippen LogP contribution < -0.4 is 0 Å². The molecule has 2 atom stereocenters. The highest BCUT2D eigenvalue weighted by molar-refractivity contribution is 6.20. The van der Waals surface area contributed by atoms with Crippen LogP contribution in [0.25, 0.3) is 0 Å². The molecule has 0 spiro atoms. The number of hydrogen-bond acceptors (Lipinski definition) is 1. The van der Waals surface area contributed by atoms with Crippen LogP contribution in [0.4, 0.5) is 13.2 Å². The van der Waals surface area contributed by atoms with Gasteiger partial charge in [-0.2, -0.15) is 0 Å². The fraction of sp³-hybridized carbons (Fsp3) is 0.500. The molecule has 2 aliphatic rings. The third-order valence-corrected chi connectivity index (χ3v) is 4.49. The number of amides is 1. The van der Waals surface area contributed by atoms with Crippen LogP contribution in [0.1, 0.15) is 36.0 Å². The molecule has 0 aliphatic carbocycles. The molecule has 0 N–H and O–H groups in total. The van der Waals surface area contributed by atoms with E-state index in [2.05, 4.69) is 0 Å². The van der Waals surface area contributed by atoms with E-state index in [1.165, 1.54) is 4.90 Å². The van der Waals surface area contributed by atoms with E-state index in [9.17, 15) is 18.0 Å². The Kier molecular flexibility index (Phi) is 3.40. The second-order valence-electron chi connectivity index (χ2n) is 5.41. The van der Waals surface area contributed by atoms with E-state index in [-0.39, 0.29) is 17.5 Å². The van der Waals surface area contributed by atoms with Gasteiger partial charge in [0.15, 0.2) is 0 Å². The second kappa shape index (κ2) is 4.95. The van der Waals surface area contributed by atoms with Crippen LogP contribution in [0.2, 0.25) is 0 Å². The summed E-state index contributed by atoms with van der Waals surface area (Å²) in [5, 5.41) is -0.000498. The molecule has 20 heavy (non-hydrogen) atoms. The lowest BCUT2D eigenvalue weighted by Gasteiger charge is -2.37. The molecule has 1 aromatic rings.